The minimum absolute atomic E-state index is 0.0638. The predicted octanol–water partition coefficient (Wildman–Crippen LogP) is 2.94. The lowest BCUT2D eigenvalue weighted by atomic mass is 9.89. The fourth-order valence-corrected chi connectivity index (χ4v) is 2.43. The number of aromatic nitrogens is 4. The lowest BCUT2D eigenvalue weighted by Gasteiger charge is -2.14. The molecule has 1 aromatic carbocycles. The van der Waals surface area contributed by atoms with Crippen LogP contribution in [0, 0.1) is 5.41 Å². The molecule has 0 saturated heterocycles. The number of carbonyl (C=O) groups excluding carboxylic acids is 2. The van der Waals surface area contributed by atoms with Crippen LogP contribution >= 0.6 is 0 Å². The van der Waals surface area contributed by atoms with E-state index in [1.54, 1.807) is 0 Å². The van der Waals surface area contributed by atoms with Gasteiger partial charge in [0.1, 0.15) is 5.69 Å². The van der Waals surface area contributed by atoms with Crippen molar-refractivity contribution in [3.05, 3.63) is 47.4 Å². The van der Waals surface area contributed by atoms with E-state index in [1.807, 2.05) is 45.0 Å². The molecule has 2 aromatic heterocycles. The van der Waals surface area contributed by atoms with Crippen LogP contribution in [-0.2, 0) is 6.42 Å². The van der Waals surface area contributed by atoms with Gasteiger partial charge in [0.2, 0.25) is 0 Å². The van der Waals surface area contributed by atoms with E-state index in [2.05, 4.69) is 20.4 Å². The number of hydrogen-bond acceptors (Lipinski definition) is 4. The van der Waals surface area contributed by atoms with Gasteiger partial charge in [-0.15, -0.1) is 0 Å². The van der Waals surface area contributed by atoms with Crippen LogP contribution in [0.2, 0.25) is 0 Å². The Morgan fingerprint density at radius 3 is 2.61 bits per heavy atom. The Morgan fingerprint density at radius 1 is 1.17 bits per heavy atom. The largest absolute Gasteiger partial charge is 0.352 e. The van der Waals surface area contributed by atoms with E-state index < -0.39 is 5.41 Å². The quantitative estimate of drug-likeness (QED) is 0.725. The van der Waals surface area contributed by atoms with Gasteiger partial charge in [-0.2, -0.15) is 15.4 Å². The molecule has 23 heavy (non-hydrogen) atoms. The molecular weight excluding hydrogens is 292 g/mol. The van der Waals surface area contributed by atoms with Crippen LogP contribution < -0.4 is 0 Å². The SMILES string of the molecule is CC(C)(C)C(=O)c1cc2cc(CC(=O)c3cn[nH]n3)ccc2[nH]1. The molecule has 3 aromatic rings. The first-order valence-electron chi connectivity index (χ1n) is 7.40. The average Bonchev–Trinajstić information content (AvgIpc) is 3.14. The smallest absolute Gasteiger partial charge is 0.189 e. The van der Waals surface area contributed by atoms with Gasteiger partial charge in [0, 0.05) is 22.7 Å². The summed E-state index contributed by atoms with van der Waals surface area (Å²) in [6.45, 7) is 5.68. The van der Waals surface area contributed by atoms with Gasteiger partial charge in [0.15, 0.2) is 11.6 Å². The summed E-state index contributed by atoms with van der Waals surface area (Å²) in [5, 5.41) is 10.8. The van der Waals surface area contributed by atoms with Crippen LogP contribution in [0.4, 0.5) is 0 Å². The average molecular weight is 310 g/mol. The molecule has 118 valence electrons. The Bertz CT molecular complexity index is 870. The molecule has 0 bridgehead atoms. The summed E-state index contributed by atoms with van der Waals surface area (Å²) in [6, 6.07) is 7.53. The predicted molar refractivity (Wildman–Crippen MR) is 86.5 cm³/mol. The highest BCUT2D eigenvalue weighted by Crippen LogP contribution is 2.24. The van der Waals surface area contributed by atoms with Crippen molar-refractivity contribution in [1.29, 1.82) is 0 Å². The van der Waals surface area contributed by atoms with Gasteiger partial charge in [0.05, 0.1) is 11.9 Å². The molecule has 0 amide bonds. The first-order chi connectivity index (χ1) is 10.8. The van der Waals surface area contributed by atoms with E-state index in [9.17, 15) is 9.59 Å². The van der Waals surface area contributed by atoms with E-state index in [0.29, 0.717) is 11.4 Å². The van der Waals surface area contributed by atoms with E-state index in [1.165, 1.54) is 6.20 Å². The Balaban J connectivity index is 1.87. The van der Waals surface area contributed by atoms with Crippen molar-refractivity contribution >= 4 is 22.5 Å². The summed E-state index contributed by atoms with van der Waals surface area (Å²) >= 11 is 0. The number of ketones is 2. The standard InChI is InChI=1S/C17H18N4O2/c1-17(2,3)16(23)13-8-11-6-10(4-5-12(11)19-13)7-15(22)14-9-18-21-20-14/h4-6,8-9,19H,7H2,1-3H3,(H,18,20,21). The van der Waals surface area contributed by atoms with Crippen molar-refractivity contribution in [2.75, 3.05) is 0 Å². The minimum Gasteiger partial charge on any atom is -0.352 e. The van der Waals surface area contributed by atoms with Gasteiger partial charge in [0.25, 0.3) is 0 Å². The molecule has 6 heteroatoms. The third kappa shape index (κ3) is 3.06. The van der Waals surface area contributed by atoms with E-state index in [4.69, 9.17) is 0 Å². The van der Waals surface area contributed by atoms with Crippen molar-refractivity contribution in [3.63, 3.8) is 0 Å². The number of fused-ring (bicyclic) bond motifs is 1. The third-order valence-corrected chi connectivity index (χ3v) is 3.68. The highest BCUT2D eigenvalue weighted by atomic mass is 16.1. The van der Waals surface area contributed by atoms with E-state index >= 15 is 0 Å². The van der Waals surface area contributed by atoms with Crippen LogP contribution in [0.1, 0.15) is 47.3 Å². The molecular formula is C17H18N4O2. The van der Waals surface area contributed by atoms with Gasteiger partial charge in [-0.3, -0.25) is 9.59 Å². The maximum absolute atomic E-state index is 12.3. The molecule has 0 spiro atoms. The summed E-state index contributed by atoms with van der Waals surface area (Å²) in [6.07, 6.45) is 1.66. The van der Waals surface area contributed by atoms with Crippen LogP contribution in [0.15, 0.2) is 30.5 Å². The Labute approximate surface area is 133 Å². The minimum atomic E-state index is -0.438. The highest BCUT2D eigenvalue weighted by molar-refractivity contribution is 6.02. The first kappa shape index (κ1) is 15.1. The van der Waals surface area contributed by atoms with Crippen LogP contribution in [0.5, 0.6) is 0 Å². The monoisotopic (exact) mass is 310 g/mol. The van der Waals surface area contributed by atoms with E-state index in [-0.39, 0.29) is 18.0 Å². The zero-order valence-electron chi connectivity index (χ0n) is 13.3. The zero-order chi connectivity index (χ0) is 16.6. The lowest BCUT2D eigenvalue weighted by Crippen LogP contribution is -2.20. The maximum atomic E-state index is 12.3. The highest BCUT2D eigenvalue weighted by Gasteiger charge is 2.24. The first-order valence-corrected chi connectivity index (χ1v) is 7.40. The number of nitrogens with zero attached hydrogens (tertiary/aromatic N) is 2. The fourth-order valence-electron chi connectivity index (χ4n) is 2.43. The molecule has 0 fully saturated rings. The van der Waals surface area contributed by atoms with E-state index in [0.717, 1.165) is 16.5 Å². The van der Waals surface area contributed by atoms with Gasteiger partial charge in [-0.25, -0.2) is 0 Å². The Morgan fingerprint density at radius 2 is 1.96 bits per heavy atom. The van der Waals surface area contributed by atoms with Crippen molar-refractivity contribution in [2.45, 2.75) is 27.2 Å². The Hall–Kier alpha value is -2.76. The fraction of sp³-hybridized carbons (Fsp3) is 0.294. The van der Waals surface area contributed by atoms with Gasteiger partial charge in [-0.05, 0) is 23.8 Å². The number of hydrogen-bond donors (Lipinski definition) is 2. The molecule has 0 saturated carbocycles. The molecule has 0 radical (unpaired) electrons. The van der Waals surface area contributed by atoms with Crippen molar-refractivity contribution in [1.82, 2.24) is 20.4 Å². The summed E-state index contributed by atoms with van der Waals surface area (Å²) in [5.74, 6) is -0.0337. The van der Waals surface area contributed by atoms with Crippen molar-refractivity contribution in [2.24, 2.45) is 5.41 Å². The zero-order valence-corrected chi connectivity index (χ0v) is 13.3. The molecule has 2 heterocycles. The van der Waals surface area contributed by atoms with Gasteiger partial charge < -0.3 is 4.98 Å². The maximum Gasteiger partial charge on any atom is 0.189 e. The second-order valence-corrected chi connectivity index (χ2v) is 6.64. The Kier molecular flexibility index (Phi) is 3.60. The van der Waals surface area contributed by atoms with Crippen LogP contribution in [0.3, 0.4) is 0 Å². The molecule has 0 aliphatic carbocycles. The summed E-state index contributed by atoms with van der Waals surface area (Å²) < 4.78 is 0. The molecule has 0 aliphatic heterocycles. The molecule has 0 atom stereocenters. The molecule has 2 N–H and O–H groups in total. The number of H-pyrrole nitrogens is 2. The second-order valence-electron chi connectivity index (χ2n) is 6.64. The number of Topliss-reactive ketones (excluding diaryl/α,β-unsaturated/α-hetero) is 2. The number of rotatable bonds is 4. The van der Waals surface area contributed by atoms with Crippen molar-refractivity contribution in [3.8, 4) is 0 Å². The number of aromatic amines is 2. The molecule has 3 rings (SSSR count). The number of carbonyl (C=O) groups is 2. The molecule has 6 nitrogen and oxygen atoms in total. The third-order valence-electron chi connectivity index (χ3n) is 3.68. The van der Waals surface area contributed by atoms with Gasteiger partial charge in [-0.1, -0.05) is 26.8 Å². The van der Waals surface area contributed by atoms with Crippen LogP contribution in [-0.4, -0.2) is 32.0 Å². The summed E-state index contributed by atoms with van der Waals surface area (Å²) in [7, 11) is 0. The lowest BCUT2D eigenvalue weighted by molar-refractivity contribution is 0.0853. The topological polar surface area (TPSA) is 91.5 Å². The van der Waals surface area contributed by atoms with Gasteiger partial charge >= 0.3 is 0 Å². The molecule has 0 unspecified atom stereocenters. The number of benzene rings is 1. The summed E-state index contributed by atoms with van der Waals surface area (Å²) in [5.41, 5.74) is 2.23. The number of nitrogens with one attached hydrogen (secondary N) is 2. The normalized spacial score (nSPS) is 11.8. The second kappa shape index (κ2) is 5.46. The molecule has 0 aliphatic rings. The van der Waals surface area contributed by atoms with Crippen LogP contribution in [0.25, 0.3) is 10.9 Å². The van der Waals surface area contributed by atoms with Crippen molar-refractivity contribution < 1.29 is 9.59 Å². The summed E-state index contributed by atoms with van der Waals surface area (Å²) in [4.78, 5) is 27.6.